The largest absolute Gasteiger partial charge is 0.273 e. The summed E-state index contributed by atoms with van der Waals surface area (Å²) in [4.78, 5) is 0. The van der Waals surface area contributed by atoms with Crippen LogP contribution in [0.15, 0.2) is 60.7 Å². The monoisotopic (exact) mass is 358 g/mol. The van der Waals surface area contributed by atoms with Gasteiger partial charge in [-0.3, -0.25) is 6.08 Å². The van der Waals surface area contributed by atoms with Crippen LogP contribution in [-0.4, -0.2) is 6.19 Å². The summed E-state index contributed by atoms with van der Waals surface area (Å²) < 4.78 is 0. The SMILES string of the molecule is C[Si](C)=[Ti+2].Cl.Cl.[C-]1=CC=CC1.c1ccc2[cH-]ccc2c1. The summed E-state index contributed by atoms with van der Waals surface area (Å²) in [6.07, 6.45) is 10.1. The van der Waals surface area contributed by atoms with Crippen molar-refractivity contribution in [1.29, 1.82) is 0 Å². The molecule has 0 saturated carbocycles. The molecule has 4 heteroatoms. The Labute approximate surface area is 146 Å². The molecule has 3 rings (SSSR count). The molecule has 2 aromatic carbocycles. The van der Waals surface area contributed by atoms with Crippen LogP contribution in [0.5, 0.6) is 0 Å². The van der Waals surface area contributed by atoms with Gasteiger partial charge in [0.1, 0.15) is 0 Å². The van der Waals surface area contributed by atoms with E-state index in [-0.39, 0.29) is 31.0 Å². The first-order valence-corrected chi connectivity index (χ1v) is 10.9. The second kappa shape index (κ2) is 13.8. The molecule has 2 aromatic rings. The molecule has 1 aliphatic rings. The van der Waals surface area contributed by atoms with Gasteiger partial charge in [-0.2, -0.15) is 23.6 Å². The zero-order chi connectivity index (χ0) is 13.2. The van der Waals surface area contributed by atoms with E-state index in [0.717, 1.165) is 6.42 Å². The van der Waals surface area contributed by atoms with Gasteiger partial charge in [0.2, 0.25) is 0 Å². The number of hydrogen-bond acceptors (Lipinski definition) is 0. The third-order valence-corrected chi connectivity index (χ3v) is 2.13. The zero-order valence-corrected chi connectivity index (χ0v) is 16.0. The van der Waals surface area contributed by atoms with Crippen molar-refractivity contribution in [2.75, 3.05) is 0 Å². The van der Waals surface area contributed by atoms with Crippen molar-refractivity contribution in [1.82, 2.24) is 0 Å². The van der Waals surface area contributed by atoms with E-state index in [2.05, 4.69) is 86.9 Å². The molecule has 0 unspecified atom stereocenters. The molecule has 0 atom stereocenters. The average molecular weight is 359 g/mol. The topological polar surface area (TPSA) is 0 Å². The first-order chi connectivity index (χ1) is 8.70. The zero-order valence-electron chi connectivity index (χ0n) is 11.8. The van der Waals surface area contributed by atoms with Crippen LogP contribution in [-0.2, 0) is 19.2 Å². The van der Waals surface area contributed by atoms with Gasteiger partial charge < -0.3 is 0 Å². The molecule has 0 heterocycles. The van der Waals surface area contributed by atoms with Gasteiger partial charge in [0, 0.05) is 0 Å². The predicted molar refractivity (Wildman–Crippen MR) is 93.1 cm³/mol. The smallest absolute Gasteiger partial charge is 0.0809 e. The molecule has 0 N–H and O–H groups in total. The van der Waals surface area contributed by atoms with Gasteiger partial charge in [0.05, 0.1) is 0 Å². The van der Waals surface area contributed by atoms with E-state index < -0.39 is 0 Å². The third-order valence-electron chi connectivity index (χ3n) is 2.13. The Morgan fingerprint density at radius 1 is 1.15 bits per heavy atom. The molecule has 0 saturated heterocycles. The second-order valence-corrected chi connectivity index (χ2v) is 10.8. The molecule has 0 bridgehead atoms. The first kappa shape index (κ1) is 22.1. The Hall–Kier alpha value is -0.179. The van der Waals surface area contributed by atoms with Crippen LogP contribution >= 0.6 is 24.8 Å². The summed E-state index contributed by atoms with van der Waals surface area (Å²) in [5.74, 6) is 0. The Bertz CT molecular complexity index is 500. The van der Waals surface area contributed by atoms with E-state index >= 15 is 0 Å². The van der Waals surface area contributed by atoms with Gasteiger partial charge >= 0.3 is 38.5 Å². The van der Waals surface area contributed by atoms with Gasteiger partial charge in [0.25, 0.3) is 0 Å². The quantitative estimate of drug-likeness (QED) is 0.431. The first-order valence-electron chi connectivity index (χ1n) is 6.04. The number of benzene rings is 1. The van der Waals surface area contributed by atoms with E-state index in [1.807, 2.05) is 12.2 Å². The van der Waals surface area contributed by atoms with Crippen molar-refractivity contribution in [2.24, 2.45) is 0 Å². The normalized spacial score (nSPS) is 10.4. The van der Waals surface area contributed by atoms with Gasteiger partial charge in [0.15, 0.2) is 0 Å². The Balaban J connectivity index is 0. The minimum Gasteiger partial charge on any atom is -0.273 e. The van der Waals surface area contributed by atoms with Crippen LogP contribution in [0.2, 0.25) is 13.1 Å². The van der Waals surface area contributed by atoms with Crippen molar-refractivity contribution in [3.63, 3.8) is 0 Å². The summed E-state index contributed by atoms with van der Waals surface area (Å²) in [6.45, 7) is 4.54. The maximum Gasteiger partial charge on any atom is -0.0809 e. The minimum absolute atomic E-state index is 0. The molecule has 0 radical (unpaired) electrons. The standard InChI is InChI=1S/C9H7.C5H5.C2H6Si.2ClH.Ti/c1-2-5-9-7-3-6-8(9)4-1;1-2-4-5-3-1;1-3-2;;;/h1-7H;1-3H,4H2;1-2H3;2*1H;/q2*-1;;;;+2. The molecule has 1 aliphatic carbocycles. The average Bonchev–Trinajstić information content (AvgIpc) is 3.03. The number of halogens is 2. The third kappa shape index (κ3) is 10.6. The van der Waals surface area contributed by atoms with Crippen LogP contribution in [0.4, 0.5) is 0 Å². The summed E-state index contributed by atoms with van der Waals surface area (Å²) in [6, 6.07) is 14.7. The molecule has 106 valence electrons. The molecule has 0 aliphatic heterocycles. The van der Waals surface area contributed by atoms with Crippen molar-refractivity contribution in [3.05, 3.63) is 66.8 Å². The maximum atomic E-state index is 2.99. The molecule has 0 spiro atoms. The second-order valence-electron chi connectivity index (χ2n) is 4.16. The molecule has 0 amide bonds. The fourth-order valence-corrected chi connectivity index (χ4v) is 1.41. The van der Waals surface area contributed by atoms with Crippen LogP contribution in [0.25, 0.3) is 10.8 Å². The maximum absolute atomic E-state index is 2.99. The minimum atomic E-state index is 0. The van der Waals surface area contributed by atoms with Crippen LogP contribution in [0.3, 0.4) is 0 Å². The summed E-state index contributed by atoms with van der Waals surface area (Å²) >= 11 is 2.27. The van der Waals surface area contributed by atoms with Crippen molar-refractivity contribution in [2.45, 2.75) is 19.5 Å². The number of rotatable bonds is 0. The Morgan fingerprint density at radius 2 is 1.80 bits per heavy atom. The van der Waals surface area contributed by atoms with E-state index in [1.165, 1.54) is 10.8 Å². The molecule has 0 nitrogen and oxygen atoms in total. The number of fused-ring (bicyclic) bond motifs is 1. The van der Waals surface area contributed by atoms with Crippen LogP contribution in [0.1, 0.15) is 6.42 Å². The summed E-state index contributed by atoms with van der Waals surface area (Å²) in [5.41, 5.74) is 0. The summed E-state index contributed by atoms with van der Waals surface area (Å²) in [7, 11) is 0. The fourth-order valence-electron chi connectivity index (χ4n) is 1.41. The molecule has 0 fully saturated rings. The van der Waals surface area contributed by atoms with E-state index in [0.29, 0.717) is 0 Å². The van der Waals surface area contributed by atoms with Gasteiger partial charge in [-0.25, -0.2) is 12.2 Å². The molecule has 20 heavy (non-hydrogen) atoms. The van der Waals surface area contributed by atoms with Crippen LogP contribution < -0.4 is 0 Å². The summed E-state index contributed by atoms with van der Waals surface area (Å²) in [5, 5.41) is 2.66. The van der Waals surface area contributed by atoms with E-state index in [9.17, 15) is 0 Å². The molecule has 0 aromatic heterocycles. The van der Waals surface area contributed by atoms with Crippen molar-refractivity contribution in [3.8, 4) is 0 Å². The van der Waals surface area contributed by atoms with E-state index in [1.54, 1.807) is 0 Å². The number of allylic oxidation sites excluding steroid dienone is 4. The molecular formula is C16H20Cl2SiTi. The Kier molecular flexibility index (Phi) is 15.2. The van der Waals surface area contributed by atoms with Crippen molar-refractivity contribution >= 4 is 41.8 Å². The van der Waals surface area contributed by atoms with Gasteiger partial charge in [-0.15, -0.1) is 60.9 Å². The predicted octanol–water partition coefficient (Wildman–Crippen LogP) is 5.49. The Morgan fingerprint density at radius 3 is 2.25 bits per heavy atom. The fraction of sp³-hybridized carbons (Fsp3) is 0.188. The van der Waals surface area contributed by atoms with Gasteiger partial charge in [-0.05, 0) is 0 Å². The molecular weight excluding hydrogens is 339 g/mol. The van der Waals surface area contributed by atoms with Gasteiger partial charge in [-0.1, -0.05) is 6.07 Å². The number of hydrogen-bond donors (Lipinski definition) is 0. The van der Waals surface area contributed by atoms with Crippen LogP contribution in [0, 0.1) is 6.08 Å². The van der Waals surface area contributed by atoms with Crippen molar-refractivity contribution < 1.29 is 19.2 Å². The van der Waals surface area contributed by atoms with E-state index in [4.69, 9.17) is 0 Å².